The lowest BCUT2D eigenvalue weighted by atomic mass is 10.2. The fraction of sp³-hybridized carbons (Fsp3) is 0.300. The van der Waals surface area contributed by atoms with Crippen molar-refractivity contribution in [3.8, 4) is 0 Å². The molecule has 0 saturated carbocycles. The zero-order valence-corrected chi connectivity index (χ0v) is 19.1. The van der Waals surface area contributed by atoms with E-state index in [1.807, 2.05) is 0 Å². The SMILES string of the molecule is CCOC(=O)c1sc(NC(=O)COC(=O)[C@H](C)N=C2NS(=O)(=O)c3ccccc32)cc1C. The van der Waals surface area contributed by atoms with Crippen LogP contribution in [0.1, 0.15) is 34.6 Å². The number of carbonyl (C=O) groups excluding carboxylic acids is 3. The van der Waals surface area contributed by atoms with Gasteiger partial charge in [-0.25, -0.2) is 18.0 Å². The van der Waals surface area contributed by atoms with Gasteiger partial charge in [-0.05, 0) is 44.5 Å². The van der Waals surface area contributed by atoms with Crippen molar-refractivity contribution < 1.29 is 32.3 Å². The Morgan fingerprint density at radius 2 is 1.94 bits per heavy atom. The minimum atomic E-state index is -3.73. The Labute approximate surface area is 188 Å². The van der Waals surface area contributed by atoms with E-state index in [1.54, 1.807) is 38.1 Å². The van der Waals surface area contributed by atoms with Gasteiger partial charge in [-0.1, -0.05) is 12.1 Å². The van der Waals surface area contributed by atoms with Crippen LogP contribution >= 0.6 is 11.3 Å². The van der Waals surface area contributed by atoms with Gasteiger partial charge in [0, 0.05) is 5.56 Å². The third-order valence-electron chi connectivity index (χ3n) is 4.31. The lowest BCUT2D eigenvalue weighted by Crippen LogP contribution is -2.28. The Morgan fingerprint density at radius 1 is 1.22 bits per heavy atom. The first kappa shape index (κ1) is 23.4. The highest BCUT2D eigenvalue weighted by molar-refractivity contribution is 7.90. The largest absolute Gasteiger partial charge is 0.462 e. The molecule has 12 heteroatoms. The number of aliphatic imine (C=N–C) groups is 1. The van der Waals surface area contributed by atoms with Crippen LogP contribution in [0.2, 0.25) is 0 Å². The minimum absolute atomic E-state index is 0.0371. The highest BCUT2D eigenvalue weighted by Gasteiger charge is 2.31. The highest BCUT2D eigenvalue weighted by Crippen LogP contribution is 2.27. The summed E-state index contributed by atoms with van der Waals surface area (Å²) in [7, 11) is -3.73. The molecule has 2 heterocycles. The summed E-state index contributed by atoms with van der Waals surface area (Å²) in [5.41, 5.74) is 1.01. The average Bonchev–Trinajstić information content (AvgIpc) is 3.23. The van der Waals surface area contributed by atoms with Crippen LogP contribution in [0.25, 0.3) is 0 Å². The highest BCUT2D eigenvalue weighted by atomic mass is 32.2. The molecule has 10 nitrogen and oxygen atoms in total. The van der Waals surface area contributed by atoms with Crippen molar-refractivity contribution in [3.05, 3.63) is 46.3 Å². The number of esters is 2. The van der Waals surface area contributed by atoms with Gasteiger partial charge >= 0.3 is 11.9 Å². The van der Waals surface area contributed by atoms with Crippen LogP contribution in [0.15, 0.2) is 40.2 Å². The molecule has 1 aromatic carbocycles. The molecule has 1 atom stereocenters. The van der Waals surface area contributed by atoms with Gasteiger partial charge in [0.2, 0.25) is 0 Å². The van der Waals surface area contributed by atoms with Gasteiger partial charge in [-0.2, -0.15) is 0 Å². The number of ether oxygens (including phenoxy) is 2. The number of sulfonamides is 1. The van der Waals surface area contributed by atoms with Gasteiger partial charge in [0.25, 0.3) is 15.9 Å². The Bertz CT molecular complexity index is 1200. The van der Waals surface area contributed by atoms with Crippen molar-refractivity contribution in [2.24, 2.45) is 4.99 Å². The van der Waals surface area contributed by atoms with Crippen molar-refractivity contribution in [2.75, 3.05) is 18.5 Å². The van der Waals surface area contributed by atoms with Gasteiger partial charge in [0.1, 0.15) is 16.8 Å². The second-order valence-corrected chi connectivity index (χ2v) is 9.46. The monoisotopic (exact) mass is 479 g/mol. The van der Waals surface area contributed by atoms with E-state index in [-0.39, 0.29) is 17.3 Å². The van der Waals surface area contributed by atoms with Crippen molar-refractivity contribution in [1.29, 1.82) is 0 Å². The first-order valence-electron chi connectivity index (χ1n) is 9.56. The number of carbonyl (C=O) groups is 3. The maximum Gasteiger partial charge on any atom is 0.348 e. The molecule has 2 aromatic rings. The lowest BCUT2D eigenvalue weighted by Gasteiger charge is -2.09. The predicted octanol–water partition coefficient (Wildman–Crippen LogP) is 1.84. The topological polar surface area (TPSA) is 140 Å². The van der Waals surface area contributed by atoms with Gasteiger partial charge in [0.05, 0.1) is 16.5 Å². The fourth-order valence-electron chi connectivity index (χ4n) is 2.85. The van der Waals surface area contributed by atoms with Gasteiger partial charge in [-0.3, -0.25) is 14.5 Å². The number of anilines is 1. The molecule has 1 aliphatic rings. The summed E-state index contributed by atoms with van der Waals surface area (Å²) in [5, 5.41) is 2.97. The van der Waals surface area contributed by atoms with E-state index < -0.39 is 40.5 Å². The number of aryl methyl sites for hydroxylation is 1. The van der Waals surface area contributed by atoms with Crippen LogP contribution in [0.3, 0.4) is 0 Å². The summed E-state index contributed by atoms with van der Waals surface area (Å²) in [6.45, 7) is 4.51. The van der Waals surface area contributed by atoms with Crippen molar-refractivity contribution in [1.82, 2.24) is 4.72 Å². The molecular formula is C20H21N3O7S2. The minimum Gasteiger partial charge on any atom is -0.462 e. The van der Waals surface area contributed by atoms with Crippen LogP contribution in [-0.4, -0.2) is 51.4 Å². The smallest absolute Gasteiger partial charge is 0.348 e. The molecule has 0 unspecified atom stereocenters. The number of rotatable bonds is 7. The number of hydrogen-bond acceptors (Lipinski definition) is 9. The van der Waals surface area contributed by atoms with Crippen LogP contribution in [-0.2, 0) is 29.1 Å². The second kappa shape index (κ2) is 9.49. The Kier molecular flexibility index (Phi) is 6.94. The van der Waals surface area contributed by atoms with Crippen molar-refractivity contribution in [2.45, 2.75) is 31.7 Å². The van der Waals surface area contributed by atoms with Crippen LogP contribution in [0.4, 0.5) is 5.00 Å². The number of amides is 1. The molecule has 32 heavy (non-hydrogen) atoms. The molecule has 0 radical (unpaired) electrons. The van der Waals surface area contributed by atoms with Crippen LogP contribution in [0, 0.1) is 6.92 Å². The molecule has 1 aromatic heterocycles. The summed E-state index contributed by atoms with van der Waals surface area (Å²) >= 11 is 1.06. The van der Waals surface area contributed by atoms with E-state index in [4.69, 9.17) is 9.47 Å². The second-order valence-electron chi connectivity index (χ2n) is 6.75. The maximum absolute atomic E-state index is 12.2. The predicted molar refractivity (Wildman–Crippen MR) is 117 cm³/mol. The quantitative estimate of drug-likeness (QED) is 0.578. The summed E-state index contributed by atoms with van der Waals surface area (Å²) in [4.78, 5) is 40.8. The molecule has 0 bridgehead atoms. The zero-order valence-electron chi connectivity index (χ0n) is 17.5. The Hall–Kier alpha value is -3.25. The van der Waals surface area contributed by atoms with Crippen molar-refractivity contribution >= 4 is 50.0 Å². The number of hydrogen-bond donors (Lipinski definition) is 2. The fourth-order valence-corrected chi connectivity index (χ4v) is 5.07. The Morgan fingerprint density at radius 3 is 2.66 bits per heavy atom. The number of thiophene rings is 1. The number of fused-ring (bicyclic) bond motifs is 1. The molecule has 170 valence electrons. The van der Waals surface area contributed by atoms with Gasteiger partial charge in [-0.15, -0.1) is 11.3 Å². The third-order valence-corrected chi connectivity index (χ3v) is 6.84. The third kappa shape index (κ3) is 5.14. The van der Waals surface area contributed by atoms with Gasteiger partial charge < -0.3 is 14.8 Å². The van der Waals surface area contributed by atoms with E-state index in [2.05, 4.69) is 15.0 Å². The standard InChI is InChI=1S/C20H21N3O7S2/c1-4-29-20(26)17-11(2)9-16(31-17)22-15(24)10-30-19(25)12(3)21-18-13-7-5-6-8-14(13)32(27,28)23-18/h5-9,12H,4,10H2,1-3H3,(H,21,23)(H,22,24)/t12-/m0/s1. The first-order chi connectivity index (χ1) is 15.1. The maximum atomic E-state index is 12.2. The zero-order chi connectivity index (χ0) is 23.5. The molecule has 1 aliphatic heterocycles. The van der Waals surface area contributed by atoms with E-state index in [0.717, 1.165) is 11.3 Å². The molecule has 3 rings (SSSR count). The Balaban J connectivity index is 1.58. The molecular weight excluding hydrogens is 458 g/mol. The number of amidine groups is 1. The van der Waals surface area contributed by atoms with E-state index >= 15 is 0 Å². The van der Waals surface area contributed by atoms with Crippen molar-refractivity contribution in [3.63, 3.8) is 0 Å². The first-order valence-corrected chi connectivity index (χ1v) is 11.9. The molecule has 0 spiro atoms. The average molecular weight is 480 g/mol. The summed E-state index contributed by atoms with van der Waals surface area (Å²) in [6, 6.07) is 6.82. The normalized spacial score (nSPS) is 16.0. The number of nitrogens with zero attached hydrogens (tertiary/aromatic N) is 1. The molecule has 0 aliphatic carbocycles. The molecule has 2 N–H and O–H groups in total. The summed E-state index contributed by atoms with van der Waals surface area (Å²) < 4.78 is 36.5. The van der Waals surface area contributed by atoms with E-state index in [0.29, 0.717) is 21.0 Å². The van der Waals surface area contributed by atoms with E-state index in [9.17, 15) is 22.8 Å². The summed E-state index contributed by atoms with van der Waals surface area (Å²) in [5.74, 6) is -1.83. The molecule has 0 saturated heterocycles. The number of nitrogens with one attached hydrogen (secondary N) is 2. The van der Waals surface area contributed by atoms with Crippen LogP contribution in [0.5, 0.6) is 0 Å². The van der Waals surface area contributed by atoms with Gasteiger partial charge in [0.15, 0.2) is 6.61 Å². The summed E-state index contributed by atoms with van der Waals surface area (Å²) in [6.07, 6.45) is 0. The lowest BCUT2D eigenvalue weighted by molar-refractivity contribution is -0.148. The van der Waals surface area contributed by atoms with Crippen LogP contribution < -0.4 is 10.0 Å². The number of benzene rings is 1. The molecule has 1 amide bonds. The van der Waals surface area contributed by atoms with E-state index in [1.165, 1.54) is 13.0 Å². The molecule has 0 fully saturated rings.